The Hall–Kier alpha value is -1.88. The van der Waals surface area contributed by atoms with Crippen LogP contribution >= 0.6 is 0 Å². The summed E-state index contributed by atoms with van der Waals surface area (Å²) in [7, 11) is 1.42. The van der Waals surface area contributed by atoms with Crippen LogP contribution in [0.2, 0.25) is 0 Å². The van der Waals surface area contributed by atoms with Crippen LogP contribution in [0, 0.1) is 0 Å². The predicted molar refractivity (Wildman–Crippen MR) is 103 cm³/mol. The van der Waals surface area contributed by atoms with Gasteiger partial charge in [-0.25, -0.2) is 0 Å². The molecule has 26 heavy (non-hydrogen) atoms. The zero-order valence-corrected chi connectivity index (χ0v) is 16.5. The first-order valence-electron chi connectivity index (χ1n) is 9.46. The number of hydrogen-bond acceptors (Lipinski definition) is 4. The monoisotopic (exact) mass is 360 g/mol. The second-order valence-electron chi connectivity index (χ2n) is 8.12. The molecule has 0 spiro atoms. The molecular weight excluding hydrogens is 328 g/mol. The number of nitrogens with one attached hydrogen (secondary N) is 1. The zero-order valence-electron chi connectivity index (χ0n) is 16.5. The van der Waals surface area contributed by atoms with Crippen molar-refractivity contribution < 1.29 is 14.3 Å². The van der Waals surface area contributed by atoms with Crippen molar-refractivity contribution in [3.63, 3.8) is 0 Å². The van der Waals surface area contributed by atoms with E-state index < -0.39 is 5.54 Å². The fourth-order valence-electron chi connectivity index (χ4n) is 3.61. The molecule has 0 aliphatic heterocycles. The van der Waals surface area contributed by atoms with Gasteiger partial charge in [0.1, 0.15) is 5.54 Å². The van der Waals surface area contributed by atoms with Crippen LogP contribution in [-0.4, -0.2) is 41.5 Å². The standard InChI is InChI=1S/C21H32N2O3/c1-20(2,3)23(16-17-11-7-5-8-12-17)18(24)15-22-21(19(25)26-4)13-9-6-10-14-21/h5,7-8,11-12,22H,6,9-10,13-16H2,1-4H3. The summed E-state index contributed by atoms with van der Waals surface area (Å²) in [6, 6.07) is 9.98. The van der Waals surface area contributed by atoms with Gasteiger partial charge in [-0.3, -0.25) is 14.9 Å². The number of methoxy groups -OCH3 is 1. The van der Waals surface area contributed by atoms with Crippen LogP contribution in [0.25, 0.3) is 0 Å². The second kappa shape index (κ2) is 8.67. The van der Waals surface area contributed by atoms with Gasteiger partial charge in [-0.05, 0) is 39.2 Å². The van der Waals surface area contributed by atoms with Crippen LogP contribution in [0.4, 0.5) is 0 Å². The summed E-state index contributed by atoms with van der Waals surface area (Å²) < 4.78 is 5.02. The number of amides is 1. The van der Waals surface area contributed by atoms with Gasteiger partial charge < -0.3 is 9.64 Å². The van der Waals surface area contributed by atoms with Crippen LogP contribution in [-0.2, 0) is 20.9 Å². The number of carbonyl (C=O) groups is 2. The number of carbonyl (C=O) groups excluding carboxylic acids is 2. The first-order chi connectivity index (χ1) is 12.3. The molecule has 5 heteroatoms. The highest BCUT2D eigenvalue weighted by Crippen LogP contribution is 2.29. The molecule has 1 aromatic carbocycles. The summed E-state index contributed by atoms with van der Waals surface area (Å²) in [5.74, 6) is -0.259. The topological polar surface area (TPSA) is 58.6 Å². The number of ether oxygens (including phenoxy) is 1. The molecule has 0 bridgehead atoms. The molecule has 144 valence electrons. The summed E-state index contributed by atoms with van der Waals surface area (Å²) in [6.07, 6.45) is 4.52. The molecule has 2 rings (SSSR count). The minimum Gasteiger partial charge on any atom is -0.468 e. The van der Waals surface area contributed by atoms with Gasteiger partial charge in [0.15, 0.2) is 0 Å². The molecule has 0 atom stereocenters. The smallest absolute Gasteiger partial charge is 0.326 e. The normalized spacial score (nSPS) is 16.8. The van der Waals surface area contributed by atoms with E-state index in [2.05, 4.69) is 5.32 Å². The fourth-order valence-corrected chi connectivity index (χ4v) is 3.61. The number of hydrogen-bond donors (Lipinski definition) is 1. The molecule has 0 unspecified atom stereocenters. The van der Waals surface area contributed by atoms with Crippen molar-refractivity contribution in [1.82, 2.24) is 10.2 Å². The van der Waals surface area contributed by atoms with Crippen LogP contribution in [0.1, 0.15) is 58.4 Å². The Morgan fingerprint density at radius 1 is 1.12 bits per heavy atom. The highest BCUT2D eigenvalue weighted by atomic mass is 16.5. The quantitative estimate of drug-likeness (QED) is 0.791. The Morgan fingerprint density at radius 3 is 2.27 bits per heavy atom. The largest absolute Gasteiger partial charge is 0.468 e. The summed E-state index contributed by atoms with van der Waals surface area (Å²) in [5.41, 5.74) is 0.0644. The van der Waals surface area contributed by atoms with Gasteiger partial charge >= 0.3 is 5.97 Å². The Labute approximate surface area is 157 Å². The Balaban J connectivity index is 2.09. The molecule has 1 aliphatic rings. The van der Waals surface area contributed by atoms with Crippen molar-refractivity contribution in [2.24, 2.45) is 0 Å². The summed E-state index contributed by atoms with van der Waals surface area (Å²) in [4.78, 5) is 27.2. The third-order valence-corrected chi connectivity index (χ3v) is 5.16. The lowest BCUT2D eigenvalue weighted by molar-refractivity contribution is -0.150. The van der Waals surface area contributed by atoms with Gasteiger partial charge in [0.2, 0.25) is 5.91 Å². The lowest BCUT2D eigenvalue weighted by Crippen LogP contribution is -2.58. The van der Waals surface area contributed by atoms with E-state index in [0.717, 1.165) is 37.7 Å². The van der Waals surface area contributed by atoms with E-state index in [1.54, 1.807) is 0 Å². The molecule has 1 aromatic rings. The summed E-state index contributed by atoms with van der Waals surface area (Å²) >= 11 is 0. The SMILES string of the molecule is COC(=O)C1(NCC(=O)N(Cc2ccccc2)C(C)(C)C)CCCCC1. The molecule has 0 heterocycles. The highest BCUT2D eigenvalue weighted by Gasteiger charge is 2.41. The van der Waals surface area contributed by atoms with Crippen LogP contribution in [0.3, 0.4) is 0 Å². The van der Waals surface area contributed by atoms with Gasteiger partial charge in [0, 0.05) is 12.1 Å². The summed E-state index contributed by atoms with van der Waals surface area (Å²) in [5, 5.41) is 3.26. The lowest BCUT2D eigenvalue weighted by Gasteiger charge is -2.39. The number of benzene rings is 1. The average Bonchev–Trinajstić information content (AvgIpc) is 2.64. The van der Waals surface area contributed by atoms with Crippen LogP contribution in [0.15, 0.2) is 30.3 Å². The zero-order chi connectivity index (χ0) is 19.2. The molecule has 1 fully saturated rings. The van der Waals surface area contributed by atoms with E-state index in [1.807, 2.05) is 56.0 Å². The van der Waals surface area contributed by atoms with Gasteiger partial charge in [0.05, 0.1) is 13.7 Å². The maximum absolute atomic E-state index is 13.0. The van der Waals surface area contributed by atoms with Gasteiger partial charge in [-0.2, -0.15) is 0 Å². The van der Waals surface area contributed by atoms with Crippen molar-refractivity contribution in [3.05, 3.63) is 35.9 Å². The average molecular weight is 360 g/mol. The molecule has 1 amide bonds. The maximum atomic E-state index is 13.0. The van der Waals surface area contributed by atoms with Crippen molar-refractivity contribution in [3.8, 4) is 0 Å². The highest BCUT2D eigenvalue weighted by molar-refractivity contribution is 5.83. The van der Waals surface area contributed by atoms with Gasteiger partial charge in [-0.1, -0.05) is 49.6 Å². The number of nitrogens with zero attached hydrogens (tertiary/aromatic N) is 1. The fraction of sp³-hybridized carbons (Fsp3) is 0.619. The second-order valence-corrected chi connectivity index (χ2v) is 8.12. The van der Waals surface area contributed by atoms with E-state index in [9.17, 15) is 9.59 Å². The van der Waals surface area contributed by atoms with Gasteiger partial charge in [-0.15, -0.1) is 0 Å². The van der Waals surface area contributed by atoms with E-state index >= 15 is 0 Å². The Kier molecular flexibility index (Phi) is 6.81. The van der Waals surface area contributed by atoms with Crippen LogP contribution in [0.5, 0.6) is 0 Å². The molecule has 5 nitrogen and oxygen atoms in total. The van der Waals surface area contributed by atoms with E-state index in [4.69, 9.17) is 4.74 Å². The minimum absolute atomic E-state index is 0.00444. The lowest BCUT2D eigenvalue weighted by atomic mass is 9.81. The maximum Gasteiger partial charge on any atom is 0.326 e. The molecule has 0 radical (unpaired) electrons. The van der Waals surface area contributed by atoms with Crippen LogP contribution < -0.4 is 5.32 Å². The summed E-state index contributed by atoms with van der Waals surface area (Å²) in [6.45, 7) is 6.79. The molecule has 0 saturated heterocycles. The third-order valence-electron chi connectivity index (χ3n) is 5.16. The molecule has 0 aromatic heterocycles. The molecular formula is C21H32N2O3. The van der Waals surface area contributed by atoms with Gasteiger partial charge in [0.25, 0.3) is 0 Å². The first kappa shape index (κ1) is 20.4. The molecule has 1 saturated carbocycles. The Morgan fingerprint density at radius 2 is 1.73 bits per heavy atom. The molecule has 1 aliphatic carbocycles. The Bertz CT molecular complexity index is 601. The number of esters is 1. The van der Waals surface area contributed by atoms with Crippen molar-refractivity contribution in [2.75, 3.05) is 13.7 Å². The van der Waals surface area contributed by atoms with E-state index in [-0.39, 0.29) is 24.0 Å². The van der Waals surface area contributed by atoms with E-state index in [0.29, 0.717) is 6.54 Å². The van der Waals surface area contributed by atoms with E-state index in [1.165, 1.54) is 7.11 Å². The predicted octanol–water partition coefficient (Wildman–Crippen LogP) is 3.28. The van der Waals surface area contributed by atoms with Crippen molar-refractivity contribution in [2.45, 2.75) is 70.5 Å². The third kappa shape index (κ3) is 5.07. The van der Waals surface area contributed by atoms with Crippen molar-refractivity contribution >= 4 is 11.9 Å². The molecule has 1 N–H and O–H groups in total. The minimum atomic E-state index is -0.723. The first-order valence-corrected chi connectivity index (χ1v) is 9.46. The van der Waals surface area contributed by atoms with Crippen molar-refractivity contribution in [1.29, 1.82) is 0 Å². The number of rotatable bonds is 6.